The van der Waals surface area contributed by atoms with Crippen LogP contribution in [-0.2, 0) is 4.79 Å². The molecule has 1 aromatic heterocycles. The number of carbonyl (C=O) groups excluding carboxylic acids is 2. The summed E-state index contributed by atoms with van der Waals surface area (Å²) in [7, 11) is 0. The highest BCUT2D eigenvalue weighted by atomic mass is 35.5. The van der Waals surface area contributed by atoms with E-state index in [1.165, 1.54) is 18.3 Å². The fourth-order valence-corrected chi connectivity index (χ4v) is 4.83. The van der Waals surface area contributed by atoms with Crippen LogP contribution < -0.4 is 5.32 Å². The number of benzene rings is 3. The molecule has 0 bridgehead atoms. The molecule has 4 aromatic rings. The summed E-state index contributed by atoms with van der Waals surface area (Å²) in [6.07, 6.45) is 0. The molecule has 0 unspecified atom stereocenters. The Kier molecular flexibility index (Phi) is 6.03. The van der Waals surface area contributed by atoms with Crippen molar-refractivity contribution in [3.05, 3.63) is 101 Å². The van der Waals surface area contributed by atoms with Gasteiger partial charge in [-0.3, -0.25) is 9.59 Å². The van der Waals surface area contributed by atoms with E-state index in [-0.39, 0.29) is 11.7 Å². The van der Waals surface area contributed by atoms with E-state index in [1.807, 2.05) is 61.5 Å². The van der Waals surface area contributed by atoms with Crippen molar-refractivity contribution in [2.45, 2.75) is 13.8 Å². The van der Waals surface area contributed by atoms with Crippen molar-refractivity contribution in [2.75, 3.05) is 5.32 Å². The van der Waals surface area contributed by atoms with Gasteiger partial charge in [0.1, 0.15) is 5.00 Å². The van der Waals surface area contributed by atoms with Crippen LogP contribution in [0.5, 0.6) is 0 Å². The van der Waals surface area contributed by atoms with E-state index in [1.54, 1.807) is 24.3 Å². The third-order valence-electron chi connectivity index (χ3n) is 4.91. The number of halogens is 1. The molecule has 154 valence electrons. The smallest absolute Gasteiger partial charge is 0.221 e. The van der Waals surface area contributed by atoms with E-state index < -0.39 is 0 Å². The molecule has 0 saturated carbocycles. The maximum atomic E-state index is 13.7. The monoisotopic (exact) mass is 445 g/mol. The molecule has 5 heteroatoms. The Hall–Kier alpha value is -3.21. The van der Waals surface area contributed by atoms with Crippen LogP contribution in [0.25, 0.3) is 21.6 Å². The largest absolute Gasteiger partial charge is 0.317 e. The van der Waals surface area contributed by atoms with Gasteiger partial charge in [-0.1, -0.05) is 71.8 Å². The Morgan fingerprint density at radius 2 is 1.48 bits per heavy atom. The van der Waals surface area contributed by atoms with Crippen molar-refractivity contribution < 1.29 is 9.59 Å². The lowest BCUT2D eigenvalue weighted by Gasteiger charge is -2.10. The number of ketones is 1. The number of hydrogen-bond donors (Lipinski definition) is 1. The van der Waals surface area contributed by atoms with Crippen LogP contribution in [0.3, 0.4) is 0 Å². The third-order valence-corrected chi connectivity index (χ3v) is 6.31. The second-order valence-corrected chi connectivity index (χ2v) is 8.72. The van der Waals surface area contributed by atoms with E-state index in [4.69, 9.17) is 11.6 Å². The zero-order valence-corrected chi connectivity index (χ0v) is 18.7. The Labute approximate surface area is 190 Å². The van der Waals surface area contributed by atoms with Gasteiger partial charge >= 0.3 is 0 Å². The molecule has 31 heavy (non-hydrogen) atoms. The molecule has 3 nitrogen and oxygen atoms in total. The second kappa shape index (κ2) is 8.88. The van der Waals surface area contributed by atoms with Gasteiger partial charge < -0.3 is 5.32 Å². The minimum atomic E-state index is -0.221. The van der Waals surface area contributed by atoms with Gasteiger partial charge in [-0.2, -0.15) is 0 Å². The summed E-state index contributed by atoms with van der Waals surface area (Å²) in [6, 6.07) is 24.8. The number of thiophene rings is 1. The van der Waals surface area contributed by atoms with Crippen molar-refractivity contribution in [3.63, 3.8) is 0 Å². The minimum Gasteiger partial charge on any atom is -0.317 e. The zero-order chi connectivity index (χ0) is 22.0. The first-order chi connectivity index (χ1) is 14.9. The van der Waals surface area contributed by atoms with Crippen molar-refractivity contribution in [3.8, 4) is 21.6 Å². The summed E-state index contributed by atoms with van der Waals surface area (Å²) < 4.78 is 0. The first kappa shape index (κ1) is 21.0. The van der Waals surface area contributed by atoms with Crippen LogP contribution in [0.15, 0.2) is 78.9 Å². The Morgan fingerprint density at radius 1 is 0.839 bits per heavy atom. The number of hydrogen-bond acceptors (Lipinski definition) is 3. The predicted molar refractivity (Wildman–Crippen MR) is 129 cm³/mol. The van der Waals surface area contributed by atoms with Crippen molar-refractivity contribution >= 4 is 39.6 Å². The van der Waals surface area contributed by atoms with Gasteiger partial charge in [-0.25, -0.2) is 0 Å². The number of amides is 1. The van der Waals surface area contributed by atoms with E-state index >= 15 is 0 Å². The molecule has 4 rings (SSSR count). The van der Waals surface area contributed by atoms with Crippen LogP contribution in [0.1, 0.15) is 28.4 Å². The number of aryl methyl sites for hydroxylation is 1. The highest BCUT2D eigenvalue weighted by Gasteiger charge is 2.27. The maximum Gasteiger partial charge on any atom is 0.221 e. The Morgan fingerprint density at radius 3 is 2.10 bits per heavy atom. The summed E-state index contributed by atoms with van der Waals surface area (Å²) in [5.41, 5.74) is 4.87. The van der Waals surface area contributed by atoms with Gasteiger partial charge in [0.2, 0.25) is 5.91 Å². The van der Waals surface area contributed by atoms with Gasteiger partial charge in [0, 0.05) is 28.0 Å². The van der Waals surface area contributed by atoms with E-state index in [9.17, 15) is 9.59 Å². The molecule has 0 spiro atoms. The van der Waals surface area contributed by atoms with Crippen LogP contribution in [-0.4, -0.2) is 11.7 Å². The maximum absolute atomic E-state index is 13.7. The number of carbonyl (C=O) groups is 2. The van der Waals surface area contributed by atoms with Crippen molar-refractivity contribution in [1.82, 2.24) is 0 Å². The van der Waals surface area contributed by atoms with Gasteiger partial charge in [-0.05, 0) is 42.3 Å². The van der Waals surface area contributed by atoms with Gasteiger partial charge in [-0.15, -0.1) is 11.3 Å². The van der Waals surface area contributed by atoms with Gasteiger partial charge in [0.15, 0.2) is 5.78 Å². The lowest BCUT2D eigenvalue weighted by Crippen LogP contribution is -2.10. The lowest BCUT2D eigenvalue weighted by molar-refractivity contribution is -0.114. The van der Waals surface area contributed by atoms with Crippen LogP contribution in [0, 0.1) is 6.92 Å². The second-order valence-electron chi connectivity index (χ2n) is 7.26. The number of nitrogens with one attached hydrogen (secondary N) is 1. The average Bonchev–Trinajstić information content (AvgIpc) is 3.13. The highest BCUT2D eigenvalue weighted by Crippen LogP contribution is 2.47. The fourth-order valence-electron chi connectivity index (χ4n) is 3.43. The van der Waals surface area contributed by atoms with Crippen LogP contribution in [0.2, 0.25) is 5.02 Å². The third kappa shape index (κ3) is 4.46. The first-order valence-corrected chi connectivity index (χ1v) is 11.0. The van der Waals surface area contributed by atoms with E-state index in [2.05, 4.69) is 5.32 Å². The quantitative estimate of drug-likeness (QED) is 0.329. The summed E-state index contributed by atoms with van der Waals surface area (Å²) in [5, 5.41) is 3.99. The van der Waals surface area contributed by atoms with E-state index in [0.29, 0.717) is 21.2 Å². The van der Waals surface area contributed by atoms with Gasteiger partial charge in [0.05, 0.1) is 5.56 Å². The SMILES string of the molecule is CC(=O)Nc1sc(-c2ccccc2)c(-c2ccc(C)cc2)c1C(=O)c1ccc(Cl)cc1. The molecular weight excluding hydrogens is 426 g/mol. The van der Waals surface area contributed by atoms with E-state index in [0.717, 1.165) is 27.1 Å². The molecular formula is C26H20ClNO2S. The number of anilines is 1. The first-order valence-electron chi connectivity index (χ1n) is 9.81. The van der Waals surface area contributed by atoms with Crippen LogP contribution in [0.4, 0.5) is 5.00 Å². The standard InChI is InChI=1S/C26H20ClNO2S/c1-16-8-10-18(11-9-16)22-23(24(30)19-12-14-21(27)15-13-19)26(28-17(2)29)31-25(22)20-6-4-3-5-7-20/h3-15H,1-2H3,(H,28,29). The van der Waals surface area contributed by atoms with Crippen LogP contribution >= 0.6 is 22.9 Å². The van der Waals surface area contributed by atoms with Crippen molar-refractivity contribution in [1.29, 1.82) is 0 Å². The molecule has 0 aliphatic carbocycles. The average molecular weight is 446 g/mol. The molecule has 0 aliphatic heterocycles. The predicted octanol–water partition coefficient (Wildman–Crippen LogP) is 7.23. The molecule has 1 heterocycles. The molecule has 0 fully saturated rings. The summed E-state index contributed by atoms with van der Waals surface area (Å²) in [4.78, 5) is 26.6. The molecule has 3 aromatic carbocycles. The zero-order valence-electron chi connectivity index (χ0n) is 17.1. The molecule has 0 atom stereocenters. The van der Waals surface area contributed by atoms with Crippen molar-refractivity contribution in [2.24, 2.45) is 0 Å². The lowest BCUT2D eigenvalue weighted by atomic mass is 9.93. The Bertz CT molecular complexity index is 1240. The van der Waals surface area contributed by atoms with Gasteiger partial charge in [0.25, 0.3) is 0 Å². The number of rotatable bonds is 5. The molecule has 1 N–H and O–H groups in total. The molecule has 1 amide bonds. The summed E-state index contributed by atoms with van der Waals surface area (Å²) in [5.74, 6) is -0.379. The normalized spacial score (nSPS) is 10.7. The molecule has 0 saturated heterocycles. The fraction of sp³-hybridized carbons (Fsp3) is 0.0769. The molecule has 0 radical (unpaired) electrons. The Balaban J connectivity index is 2.01. The topological polar surface area (TPSA) is 46.2 Å². The summed E-state index contributed by atoms with van der Waals surface area (Å²) >= 11 is 7.44. The molecule has 0 aliphatic rings. The highest BCUT2D eigenvalue weighted by molar-refractivity contribution is 7.20. The minimum absolute atomic E-state index is 0.158. The summed E-state index contributed by atoms with van der Waals surface area (Å²) in [6.45, 7) is 3.47.